The zero-order chi connectivity index (χ0) is 14.8. The first kappa shape index (κ1) is 15.5. The van der Waals surface area contributed by atoms with Crippen LogP contribution in [-0.4, -0.2) is 31.4 Å². The third kappa shape index (κ3) is 3.40. The van der Waals surface area contributed by atoms with E-state index >= 15 is 0 Å². The van der Waals surface area contributed by atoms with Gasteiger partial charge < -0.3 is 5.11 Å². The van der Waals surface area contributed by atoms with Gasteiger partial charge in [-0.2, -0.15) is 0 Å². The van der Waals surface area contributed by atoms with E-state index in [1.54, 1.807) is 38.2 Å². The molecule has 0 heterocycles. The first-order chi connectivity index (χ1) is 9.41. The summed E-state index contributed by atoms with van der Waals surface area (Å²) >= 11 is 0. The quantitative estimate of drug-likeness (QED) is 0.908. The Labute approximate surface area is 121 Å². The summed E-state index contributed by atoms with van der Waals surface area (Å²) in [6.07, 6.45) is 3.98. The van der Waals surface area contributed by atoms with E-state index < -0.39 is 16.1 Å². The molecule has 1 aromatic rings. The first-order valence-electron chi connectivity index (χ1n) is 7.15. The smallest absolute Gasteiger partial charge is 0.242 e. The molecule has 0 spiro atoms. The van der Waals surface area contributed by atoms with E-state index in [1.807, 2.05) is 0 Å². The van der Waals surface area contributed by atoms with Crippen LogP contribution in [0.25, 0.3) is 0 Å². The summed E-state index contributed by atoms with van der Waals surface area (Å²) in [5.41, 5.74) is 0.625. The molecule has 1 unspecified atom stereocenters. The van der Waals surface area contributed by atoms with Gasteiger partial charge in [-0.3, -0.25) is 0 Å². The Morgan fingerprint density at radius 2 is 2.00 bits per heavy atom. The van der Waals surface area contributed by atoms with Gasteiger partial charge in [-0.15, -0.1) is 0 Å². The molecule has 1 aromatic carbocycles. The summed E-state index contributed by atoms with van der Waals surface area (Å²) in [6, 6.07) is 6.57. The van der Waals surface area contributed by atoms with Gasteiger partial charge in [-0.25, -0.2) is 12.7 Å². The third-order valence-electron chi connectivity index (χ3n) is 4.04. The number of hydrogen-bond acceptors (Lipinski definition) is 3. The van der Waals surface area contributed by atoms with E-state index in [4.69, 9.17) is 0 Å². The van der Waals surface area contributed by atoms with Crippen LogP contribution in [-0.2, 0) is 10.0 Å². The maximum Gasteiger partial charge on any atom is 0.242 e. The molecule has 112 valence electrons. The lowest BCUT2D eigenvalue weighted by Gasteiger charge is -2.21. The fraction of sp³-hybridized carbons (Fsp3) is 0.600. The first-order valence-corrected chi connectivity index (χ1v) is 8.59. The predicted molar refractivity (Wildman–Crippen MR) is 78.8 cm³/mol. The van der Waals surface area contributed by atoms with Crippen LogP contribution in [0.15, 0.2) is 29.2 Å². The van der Waals surface area contributed by atoms with Crippen LogP contribution in [0, 0.1) is 5.92 Å². The fourth-order valence-corrected chi connectivity index (χ4v) is 4.07. The van der Waals surface area contributed by atoms with Gasteiger partial charge in [0.25, 0.3) is 0 Å². The molecule has 1 aliphatic carbocycles. The van der Waals surface area contributed by atoms with Crippen LogP contribution in [0.4, 0.5) is 0 Å². The second kappa shape index (κ2) is 6.24. The van der Waals surface area contributed by atoms with Crippen molar-refractivity contribution in [3.63, 3.8) is 0 Å². The van der Waals surface area contributed by atoms with Gasteiger partial charge in [0.15, 0.2) is 0 Å². The number of hydrogen-bond donors (Lipinski definition) is 1. The van der Waals surface area contributed by atoms with Gasteiger partial charge in [0, 0.05) is 13.6 Å². The van der Waals surface area contributed by atoms with Crippen LogP contribution < -0.4 is 0 Å². The Morgan fingerprint density at radius 1 is 1.35 bits per heavy atom. The second-order valence-electron chi connectivity index (χ2n) is 5.68. The Bertz CT molecular complexity index is 548. The summed E-state index contributed by atoms with van der Waals surface area (Å²) in [6.45, 7) is 2.22. The lowest BCUT2D eigenvalue weighted by atomic mass is 10.1. The SMILES string of the molecule is CC(O)c1cccc(S(=O)(=O)N(C)CC2CCCC2)c1. The van der Waals surface area contributed by atoms with Crippen LogP contribution in [0.5, 0.6) is 0 Å². The van der Waals surface area contributed by atoms with E-state index in [9.17, 15) is 13.5 Å². The lowest BCUT2D eigenvalue weighted by Crippen LogP contribution is -2.31. The highest BCUT2D eigenvalue weighted by molar-refractivity contribution is 7.89. The van der Waals surface area contributed by atoms with Crippen LogP contribution in [0.2, 0.25) is 0 Å². The summed E-state index contributed by atoms with van der Waals surface area (Å²) < 4.78 is 26.5. The maximum absolute atomic E-state index is 12.5. The van der Waals surface area contributed by atoms with Gasteiger partial charge >= 0.3 is 0 Å². The van der Waals surface area contributed by atoms with Crippen molar-refractivity contribution in [3.05, 3.63) is 29.8 Å². The fourth-order valence-electron chi connectivity index (χ4n) is 2.77. The average molecular weight is 297 g/mol. The molecule has 0 aliphatic heterocycles. The van der Waals surface area contributed by atoms with Gasteiger partial charge in [0.05, 0.1) is 11.0 Å². The van der Waals surface area contributed by atoms with Crippen molar-refractivity contribution in [2.24, 2.45) is 5.92 Å². The molecule has 20 heavy (non-hydrogen) atoms. The molecule has 0 aromatic heterocycles. The minimum absolute atomic E-state index is 0.261. The molecule has 1 saturated carbocycles. The molecule has 5 heteroatoms. The Hall–Kier alpha value is -0.910. The molecule has 1 aliphatic rings. The topological polar surface area (TPSA) is 57.6 Å². The van der Waals surface area contributed by atoms with Crippen molar-refractivity contribution < 1.29 is 13.5 Å². The molecule has 1 atom stereocenters. The second-order valence-corrected chi connectivity index (χ2v) is 7.73. The summed E-state index contributed by atoms with van der Waals surface area (Å²) in [7, 11) is -1.82. The molecule has 1 fully saturated rings. The lowest BCUT2D eigenvalue weighted by molar-refractivity contribution is 0.199. The van der Waals surface area contributed by atoms with Crippen LogP contribution in [0.3, 0.4) is 0 Å². The molecular weight excluding hydrogens is 274 g/mol. The zero-order valence-electron chi connectivity index (χ0n) is 12.1. The Kier molecular flexibility index (Phi) is 4.83. The van der Waals surface area contributed by atoms with Crippen molar-refractivity contribution in [1.82, 2.24) is 4.31 Å². The molecule has 0 bridgehead atoms. The van der Waals surface area contributed by atoms with E-state index in [-0.39, 0.29) is 4.90 Å². The molecule has 4 nitrogen and oxygen atoms in total. The van der Waals surface area contributed by atoms with Crippen molar-refractivity contribution in [1.29, 1.82) is 0 Å². The Morgan fingerprint density at radius 3 is 2.60 bits per heavy atom. The van der Waals surface area contributed by atoms with Crippen molar-refractivity contribution in [2.45, 2.75) is 43.6 Å². The molecule has 0 amide bonds. The molecule has 0 saturated heterocycles. The van der Waals surface area contributed by atoms with E-state index in [0.29, 0.717) is 18.0 Å². The van der Waals surface area contributed by atoms with Crippen LogP contribution in [0.1, 0.15) is 44.3 Å². The highest BCUT2D eigenvalue weighted by Gasteiger charge is 2.25. The monoisotopic (exact) mass is 297 g/mol. The summed E-state index contributed by atoms with van der Waals surface area (Å²) in [4.78, 5) is 0.261. The van der Waals surface area contributed by atoms with Crippen molar-refractivity contribution in [3.8, 4) is 0 Å². The number of aliphatic hydroxyl groups excluding tert-OH is 1. The number of sulfonamides is 1. The average Bonchev–Trinajstić information content (AvgIpc) is 2.91. The highest BCUT2D eigenvalue weighted by Crippen LogP contribution is 2.27. The predicted octanol–water partition coefficient (Wildman–Crippen LogP) is 2.55. The maximum atomic E-state index is 12.5. The Balaban J connectivity index is 2.18. The number of aliphatic hydroxyl groups is 1. The molecule has 2 rings (SSSR count). The van der Waals surface area contributed by atoms with E-state index in [1.165, 1.54) is 17.1 Å². The van der Waals surface area contributed by atoms with E-state index in [0.717, 1.165) is 12.8 Å². The summed E-state index contributed by atoms with van der Waals surface area (Å²) in [5.74, 6) is 0.481. The zero-order valence-corrected chi connectivity index (χ0v) is 12.9. The number of nitrogens with zero attached hydrogens (tertiary/aromatic N) is 1. The largest absolute Gasteiger partial charge is 0.389 e. The van der Waals surface area contributed by atoms with Gasteiger partial charge in [-0.05, 0) is 43.4 Å². The highest BCUT2D eigenvalue weighted by atomic mass is 32.2. The normalized spacial score (nSPS) is 18.6. The van der Waals surface area contributed by atoms with Crippen molar-refractivity contribution in [2.75, 3.05) is 13.6 Å². The third-order valence-corrected chi connectivity index (χ3v) is 5.86. The van der Waals surface area contributed by atoms with Crippen LogP contribution >= 0.6 is 0 Å². The van der Waals surface area contributed by atoms with Crippen molar-refractivity contribution >= 4 is 10.0 Å². The minimum Gasteiger partial charge on any atom is -0.389 e. The van der Waals surface area contributed by atoms with Gasteiger partial charge in [0.1, 0.15) is 0 Å². The number of rotatable bonds is 5. The van der Waals surface area contributed by atoms with Gasteiger partial charge in [0.2, 0.25) is 10.0 Å². The standard InChI is InChI=1S/C15H23NO3S/c1-12(17)14-8-5-9-15(10-14)20(18,19)16(2)11-13-6-3-4-7-13/h5,8-10,12-13,17H,3-4,6-7,11H2,1-2H3. The molecule has 1 N–H and O–H groups in total. The minimum atomic E-state index is -3.46. The molecule has 0 radical (unpaired) electrons. The van der Waals surface area contributed by atoms with Gasteiger partial charge in [-0.1, -0.05) is 25.0 Å². The summed E-state index contributed by atoms with van der Waals surface area (Å²) in [5, 5.41) is 9.57. The number of benzene rings is 1. The molecular formula is C15H23NO3S. The van der Waals surface area contributed by atoms with E-state index in [2.05, 4.69) is 0 Å².